The topological polar surface area (TPSA) is 41.1 Å². The summed E-state index contributed by atoms with van der Waals surface area (Å²) in [6, 6.07) is 5.86. The van der Waals surface area contributed by atoms with Crippen molar-refractivity contribution in [3.05, 3.63) is 29.3 Å². The van der Waals surface area contributed by atoms with Gasteiger partial charge in [0.2, 0.25) is 0 Å². The van der Waals surface area contributed by atoms with Gasteiger partial charge in [-0.2, -0.15) is 0 Å². The fourth-order valence-corrected chi connectivity index (χ4v) is 3.19. The van der Waals surface area contributed by atoms with Gasteiger partial charge in [0.15, 0.2) is 0 Å². The summed E-state index contributed by atoms with van der Waals surface area (Å²) < 4.78 is 0. The van der Waals surface area contributed by atoms with Gasteiger partial charge >= 0.3 is 0 Å². The van der Waals surface area contributed by atoms with Crippen molar-refractivity contribution in [2.24, 2.45) is 5.92 Å². The first-order valence-electron chi connectivity index (χ1n) is 8.33. The number of anilines is 1. The van der Waals surface area contributed by atoms with Crippen molar-refractivity contribution in [2.75, 3.05) is 18.4 Å². The van der Waals surface area contributed by atoms with E-state index in [1.807, 2.05) is 25.1 Å². The summed E-state index contributed by atoms with van der Waals surface area (Å²) in [5.74, 6) is 0.955. The summed E-state index contributed by atoms with van der Waals surface area (Å²) in [6.45, 7) is 5.80. The fraction of sp³-hybridized carbons (Fsp3) is 0.611. The first-order chi connectivity index (χ1) is 10.2. The summed E-state index contributed by atoms with van der Waals surface area (Å²) >= 11 is 0. The summed E-state index contributed by atoms with van der Waals surface area (Å²) in [4.78, 5) is 12.1. The first-order valence-corrected chi connectivity index (χ1v) is 8.33. The molecule has 3 nitrogen and oxygen atoms in total. The van der Waals surface area contributed by atoms with Gasteiger partial charge in [-0.25, -0.2) is 0 Å². The van der Waals surface area contributed by atoms with Crippen molar-refractivity contribution in [3.8, 4) is 0 Å². The third-order valence-corrected chi connectivity index (χ3v) is 4.41. The molecule has 0 unspecified atom stereocenters. The molecule has 1 aromatic rings. The van der Waals surface area contributed by atoms with Crippen LogP contribution in [-0.2, 0) is 0 Å². The molecule has 0 aromatic heterocycles. The summed E-state index contributed by atoms with van der Waals surface area (Å²) in [7, 11) is 0. The Labute approximate surface area is 128 Å². The second kappa shape index (κ2) is 8.06. The molecular formula is C18H28N2O. The maximum atomic E-state index is 12.1. The number of benzene rings is 1. The number of amides is 1. The molecule has 0 heterocycles. The van der Waals surface area contributed by atoms with Gasteiger partial charge in [-0.15, -0.1) is 0 Å². The van der Waals surface area contributed by atoms with Crippen LogP contribution in [0.4, 0.5) is 5.69 Å². The van der Waals surface area contributed by atoms with Crippen LogP contribution >= 0.6 is 0 Å². The molecule has 0 bridgehead atoms. The van der Waals surface area contributed by atoms with E-state index in [1.165, 1.54) is 32.1 Å². The molecule has 116 valence electrons. The molecule has 1 saturated carbocycles. The number of aryl methyl sites for hydroxylation is 1. The van der Waals surface area contributed by atoms with E-state index >= 15 is 0 Å². The number of nitrogens with one attached hydrogen (secondary N) is 2. The predicted octanol–water partition coefficient (Wildman–Crippen LogP) is 4.13. The Balaban J connectivity index is 1.75. The Morgan fingerprint density at radius 3 is 2.71 bits per heavy atom. The second-order valence-corrected chi connectivity index (χ2v) is 6.11. The average Bonchev–Trinajstić information content (AvgIpc) is 2.99. The lowest BCUT2D eigenvalue weighted by Gasteiger charge is -2.11. The molecular weight excluding hydrogens is 260 g/mol. The van der Waals surface area contributed by atoms with E-state index in [-0.39, 0.29) is 5.91 Å². The highest BCUT2D eigenvalue weighted by atomic mass is 16.1. The van der Waals surface area contributed by atoms with Gasteiger partial charge in [0.05, 0.1) is 0 Å². The van der Waals surface area contributed by atoms with Gasteiger partial charge in [0.1, 0.15) is 0 Å². The number of hydrogen-bond acceptors (Lipinski definition) is 2. The largest absolute Gasteiger partial charge is 0.385 e. The number of rotatable bonds is 7. The highest BCUT2D eigenvalue weighted by Crippen LogP contribution is 2.28. The third-order valence-electron chi connectivity index (χ3n) is 4.41. The van der Waals surface area contributed by atoms with Crippen LogP contribution in [-0.4, -0.2) is 19.0 Å². The van der Waals surface area contributed by atoms with E-state index in [9.17, 15) is 4.79 Å². The smallest absolute Gasteiger partial charge is 0.251 e. The van der Waals surface area contributed by atoms with E-state index in [0.29, 0.717) is 0 Å². The van der Waals surface area contributed by atoms with Gasteiger partial charge < -0.3 is 10.6 Å². The molecule has 1 fully saturated rings. The fourth-order valence-electron chi connectivity index (χ4n) is 3.19. The molecule has 1 amide bonds. The minimum Gasteiger partial charge on any atom is -0.385 e. The predicted molar refractivity (Wildman–Crippen MR) is 88.9 cm³/mol. The maximum absolute atomic E-state index is 12.1. The Morgan fingerprint density at radius 2 is 2.05 bits per heavy atom. The van der Waals surface area contributed by atoms with Crippen LogP contribution in [0.2, 0.25) is 0 Å². The molecule has 0 aliphatic heterocycles. The SMILES string of the molecule is CCNc1ccc(C(=O)NCCCC2CCCC2)cc1C. The molecule has 0 atom stereocenters. The van der Waals surface area contributed by atoms with Crippen molar-refractivity contribution in [2.45, 2.75) is 52.4 Å². The number of hydrogen-bond donors (Lipinski definition) is 2. The maximum Gasteiger partial charge on any atom is 0.251 e. The lowest BCUT2D eigenvalue weighted by Crippen LogP contribution is -2.24. The summed E-state index contributed by atoms with van der Waals surface area (Å²) in [5, 5.41) is 6.34. The molecule has 21 heavy (non-hydrogen) atoms. The van der Waals surface area contributed by atoms with Crippen molar-refractivity contribution < 1.29 is 4.79 Å². The third kappa shape index (κ3) is 4.76. The molecule has 2 N–H and O–H groups in total. The van der Waals surface area contributed by atoms with E-state index in [1.54, 1.807) is 0 Å². The molecule has 0 spiro atoms. The molecule has 0 saturated heterocycles. The van der Waals surface area contributed by atoms with Gasteiger partial charge in [-0.1, -0.05) is 25.7 Å². The molecule has 2 rings (SSSR count). The lowest BCUT2D eigenvalue weighted by molar-refractivity contribution is 0.0952. The van der Waals surface area contributed by atoms with Gasteiger partial charge in [0, 0.05) is 24.3 Å². The number of carbonyl (C=O) groups is 1. The Kier molecular flexibility index (Phi) is 6.09. The monoisotopic (exact) mass is 288 g/mol. The minimum atomic E-state index is 0.0487. The Morgan fingerprint density at radius 1 is 1.29 bits per heavy atom. The average molecular weight is 288 g/mol. The van der Waals surface area contributed by atoms with Crippen molar-refractivity contribution >= 4 is 11.6 Å². The van der Waals surface area contributed by atoms with E-state index < -0.39 is 0 Å². The Hall–Kier alpha value is -1.51. The van der Waals surface area contributed by atoms with Gasteiger partial charge in [-0.3, -0.25) is 4.79 Å². The second-order valence-electron chi connectivity index (χ2n) is 6.11. The van der Waals surface area contributed by atoms with E-state index in [2.05, 4.69) is 17.6 Å². The Bertz CT molecular complexity index is 464. The molecule has 1 aliphatic carbocycles. The summed E-state index contributed by atoms with van der Waals surface area (Å²) in [6.07, 6.45) is 7.94. The van der Waals surface area contributed by atoms with E-state index in [0.717, 1.165) is 42.2 Å². The zero-order valence-corrected chi connectivity index (χ0v) is 13.4. The van der Waals surface area contributed by atoms with Gasteiger partial charge in [-0.05, 0) is 56.4 Å². The van der Waals surface area contributed by atoms with Crippen LogP contribution < -0.4 is 10.6 Å². The lowest BCUT2D eigenvalue weighted by atomic mass is 10.0. The van der Waals surface area contributed by atoms with Crippen LogP contribution in [0.25, 0.3) is 0 Å². The van der Waals surface area contributed by atoms with Crippen LogP contribution in [0.5, 0.6) is 0 Å². The van der Waals surface area contributed by atoms with Crippen LogP contribution in [0.3, 0.4) is 0 Å². The van der Waals surface area contributed by atoms with Crippen molar-refractivity contribution in [1.82, 2.24) is 5.32 Å². The van der Waals surface area contributed by atoms with Crippen LogP contribution in [0.1, 0.15) is 61.4 Å². The van der Waals surface area contributed by atoms with Gasteiger partial charge in [0.25, 0.3) is 5.91 Å². The normalized spacial score (nSPS) is 15.1. The van der Waals surface area contributed by atoms with Crippen molar-refractivity contribution in [3.63, 3.8) is 0 Å². The standard InChI is InChI=1S/C18H28N2O/c1-3-19-17-11-10-16(13-14(17)2)18(21)20-12-6-9-15-7-4-5-8-15/h10-11,13,15,19H,3-9,12H2,1-2H3,(H,20,21). The summed E-state index contributed by atoms with van der Waals surface area (Å²) in [5.41, 5.74) is 2.99. The van der Waals surface area contributed by atoms with Crippen LogP contribution in [0, 0.1) is 12.8 Å². The van der Waals surface area contributed by atoms with Crippen molar-refractivity contribution in [1.29, 1.82) is 0 Å². The zero-order chi connectivity index (χ0) is 15.1. The zero-order valence-electron chi connectivity index (χ0n) is 13.4. The quantitative estimate of drug-likeness (QED) is 0.741. The molecule has 1 aliphatic rings. The molecule has 0 radical (unpaired) electrons. The highest BCUT2D eigenvalue weighted by Gasteiger charge is 2.14. The highest BCUT2D eigenvalue weighted by molar-refractivity contribution is 5.94. The molecule has 1 aromatic carbocycles. The molecule has 3 heteroatoms. The van der Waals surface area contributed by atoms with E-state index in [4.69, 9.17) is 0 Å². The first kappa shape index (κ1) is 15.9. The number of carbonyl (C=O) groups excluding carboxylic acids is 1. The minimum absolute atomic E-state index is 0.0487. The van der Waals surface area contributed by atoms with Crippen LogP contribution in [0.15, 0.2) is 18.2 Å².